The Kier molecular flexibility index (Phi) is 8.08. The number of aromatic nitrogens is 2. The Balaban J connectivity index is 1.15. The van der Waals surface area contributed by atoms with Crippen molar-refractivity contribution in [3.63, 3.8) is 0 Å². The highest BCUT2D eigenvalue weighted by Gasteiger charge is 2.21. The van der Waals surface area contributed by atoms with E-state index >= 15 is 0 Å². The fraction of sp³-hybridized carbons (Fsp3) is 0.0741. The molecule has 2 nitrogen and oxygen atoms in total. The molecule has 1 aromatic heterocycles. The van der Waals surface area contributed by atoms with Crippen LogP contribution in [0.4, 0.5) is 0 Å². The van der Waals surface area contributed by atoms with Gasteiger partial charge in [-0.25, -0.2) is 9.97 Å². The summed E-state index contributed by atoms with van der Waals surface area (Å²) in [6, 6.07) is 67.8. The summed E-state index contributed by atoms with van der Waals surface area (Å²) < 4.78 is 0. The number of hydrogen-bond donors (Lipinski definition) is 0. The van der Waals surface area contributed by atoms with Gasteiger partial charge in [0.2, 0.25) is 0 Å². The van der Waals surface area contributed by atoms with Crippen LogP contribution in [0.2, 0.25) is 0 Å². The Morgan fingerprint density at radius 2 is 0.750 bits per heavy atom. The lowest BCUT2D eigenvalue weighted by atomic mass is 9.81. The maximum atomic E-state index is 5.10. The molecule has 56 heavy (non-hydrogen) atoms. The molecule has 0 atom stereocenters. The van der Waals surface area contributed by atoms with Gasteiger partial charge in [0.25, 0.3) is 0 Å². The zero-order valence-corrected chi connectivity index (χ0v) is 31.8. The van der Waals surface area contributed by atoms with Crippen LogP contribution >= 0.6 is 0 Å². The molecule has 0 saturated carbocycles. The predicted molar refractivity (Wildman–Crippen MR) is 237 cm³/mol. The average Bonchev–Trinajstić information content (AvgIpc) is 3.26. The molecule has 0 amide bonds. The molecule has 2 heteroatoms. The van der Waals surface area contributed by atoms with E-state index < -0.39 is 0 Å². The van der Waals surface area contributed by atoms with Crippen molar-refractivity contribution in [2.24, 2.45) is 0 Å². The van der Waals surface area contributed by atoms with Crippen LogP contribution in [0.1, 0.15) is 26.3 Å². The highest BCUT2D eigenvalue weighted by atomic mass is 14.9. The van der Waals surface area contributed by atoms with Crippen molar-refractivity contribution >= 4 is 32.3 Å². The molecule has 0 saturated heterocycles. The molecule has 0 radical (unpaired) electrons. The van der Waals surface area contributed by atoms with Crippen molar-refractivity contribution in [1.29, 1.82) is 0 Å². The largest absolute Gasteiger partial charge is 0.228 e. The van der Waals surface area contributed by atoms with Crippen molar-refractivity contribution in [1.82, 2.24) is 9.97 Å². The molecule has 0 fully saturated rings. The SMILES string of the molecule is CC(C)(C)c1cc2ccc3c(-c4ccc(-c5ccccc5)cc4)cc(-c4ccc(-c5cc(-c6ccccc6)nc(-c6ccccc6)n5)cc4)c4ccc(c1)c2c34. The highest BCUT2D eigenvalue weighted by molar-refractivity contribution is 6.28. The monoisotopic (exact) mass is 716 g/mol. The molecule has 0 spiro atoms. The van der Waals surface area contributed by atoms with Gasteiger partial charge in [-0.2, -0.15) is 0 Å². The minimum absolute atomic E-state index is 0.0520. The first-order chi connectivity index (χ1) is 27.4. The zero-order chi connectivity index (χ0) is 37.8. The van der Waals surface area contributed by atoms with Crippen LogP contribution in [0.5, 0.6) is 0 Å². The van der Waals surface area contributed by atoms with Gasteiger partial charge in [-0.05, 0) is 88.8 Å². The third kappa shape index (κ3) is 6.01. The van der Waals surface area contributed by atoms with Gasteiger partial charge in [0, 0.05) is 16.7 Å². The summed E-state index contributed by atoms with van der Waals surface area (Å²) in [6.07, 6.45) is 0. The molecule has 0 aliphatic rings. The number of benzene rings is 9. The van der Waals surface area contributed by atoms with Gasteiger partial charge in [0.05, 0.1) is 11.4 Å². The molecule has 1 heterocycles. The zero-order valence-electron chi connectivity index (χ0n) is 31.8. The normalized spacial score (nSPS) is 11.8. The van der Waals surface area contributed by atoms with E-state index in [1.807, 2.05) is 24.3 Å². The van der Waals surface area contributed by atoms with E-state index in [0.29, 0.717) is 0 Å². The van der Waals surface area contributed by atoms with Crippen LogP contribution in [-0.2, 0) is 5.41 Å². The molecular formula is C54H40N2. The number of nitrogens with zero attached hydrogens (tertiary/aromatic N) is 2. The highest BCUT2D eigenvalue weighted by Crippen LogP contribution is 2.45. The predicted octanol–water partition coefficient (Wildman–Crippen LogP) is 14.7. The lowest BCUT2D eigenvalue weighted by Crippen LogP contribution is -2.10. The summed E-state index contributed by atoms with van der Waals surface area (Å²) in [7, 11) is 0. The van der Waals surface area contributed by atoms with Crippen LogP contribution in [0.25, 0.3) is 99.6 Å². The van der Waals surface area contributed by atoms with E-state index in [-0.39, 0.29) is 5.41 Å². The van der Waals surface area contributed by atoms with E-state index in [2.05, 4.69) is 185 Å². The standard InChI is InChI=1S/C54H40N2/c1-54(2,3)44-31-42-27-29-45-47(37-21-19-36(20-22-37)35-13-7-4-8-14-35)33-48(46-30-28-43(32-44)51(42)52(45)46)38-23-25-40(26-24-38)50-34-49(39-15-9-5-10-16-39)55-53(56-50)41-17-11-6-12-18-41/h4-34H,1-3H3. The third-order valence-electron chi connectivity index (χ3n) is 11.2. The van der Waals surface area contributed by atoms with E-state index in [9.17, 15) is 0 Å². The number of rotatable bonds is 6. The molecule has 266 valence electrons. The van der Waals surface area contributed by atoms with Crippen LogP contribution in [0.15, 0.2) is 188 Å². The van der Waals surface area contributed by atoms with Crippen LogP contribution in [-0.4, -0.2) is 9.97 Å². The van der Waals surface area contributed by atoms with Crippen molar-refractivity contribution in [3.05, 3.63) is 194 Å². The summed E-state index contributed by atoms with van der Waals surface area (Å²) in [4.78, 5) is 10.1. The Morgan fingerprint density at radius 1 is 0.339 bits per heavy atom. The molecule has 9 aromatic carbocycles. The van der Waals surface area contributed by atoms with Gasteiger partial charge in [-0.15, -0.1) is 0 Å². The minimum Gasteiger partial charge on any atom is -0.228 e. The van der Waals surface area contributed by atoms with Gasteiger partial charge >= 0.3 is 0 Å². The topological polar surface area (TPSA) is 25.8 Å². The van der Waals surface area contributed by atoms with E-state index in [1.54, 1.807) is 0 Å². The van der Waals surface area contributed by atoms with E-state index in [1.165, 1.54) is 71.3 Å². The second-order valence-corrected chi connectivity index (χ2v) is 15.8. The molecule has 0 N–H and O–H groups in total. The Hall–Kier alpha value is -6.90. The first kappa shape index (κ1) is 33.7. The lowest BCUT2D eigenvalue weighted by Gasteiger charge is -2.23. The summed E-state index contributed by atoms with van der Waals surface area (Å²) in [5.74, 6) is 0.718. The summed E-state index contributed by atoms with van der Waals surface area (Å²) in [6.45, 7) is 6.89. The summed E-state index contributed by atoms with van der Waals surface area (Å²) in [5.41, 5.74) is 13.6. The first-order valence-corrected chi connectivity index (χ1v) is 19.4. The molecule has 10 rings (SSSR count). The van der Waals surface area contributed by atoms with Gasteiger partial charge in [-0.1, -0.05) is 197 Å². The Morgan fingerprint density at radius 3 is 1.25 bits per heavy atom. The first-order valence-electron chi connectivity index (χ1n) is 19.4. The quantitative estimate of drug-likeness (QED) is 0.160. The Labute approximate surface area is 328 Å². The maximum Gasteiger partial charge on any atom is 0.160 e. The van der Waals surface area contributed by atoms with Gasteiger partial charge in [0.1, 0.15) is 0 Å². The number of hydrogen-bond acceptors (Lipinski definition) is 2. The fourth-order valence-electron chi connectivity index (χ4n) is 8.19. The van der Waals surface area contributed by atoms with Gasteiger partial charge < -0.3 is 0 Å². The average molecular weight is 717 g/mol. The van der Waals surface area contributed by atoms with Gasteiger partial charge in [-0.3, -0.25) is 0 Å². The molecule has 0 bridgehead atoms. The fourth-order valence-corrected chi connectivity index (χ4v) is 8.19. The minimum atomic E-state index is 0.0520. The van der Waals surface area contributed by atoms with Crippen molar-refractivity contribution in [3.8, 4) is 67.3 Å². The van der Waals surface area contributed by atoms with Crippen molar-refractivity contribution in [2.45, 2.75) is 26.2 Å². The second-order valence-electron chi connectivity index (χ2n) is 15.8. The summed E-state index contributed by atoms with van der Waals surface area (Å²) in [5, 5.41) is 7.76. The van der Waals surface area contributed by atoms with Crippen molar-refractivity contribution in [2.75, 3.05) is 0 Å². The van der Waals surface area contributed by atoms with Gasteiger partial charge in [0.15, 0.2) is 5.82 Å². The maximum absolute atomic E-state index is 5.10. The summed E-state index contributed by atoms with van der Waals surface area (Å²) >= 11 is 0. The van der Waals surface area contributed by atoms with E-state index in [4.69, 9.17) is 9.97 Å². The van der Waals surface area contributed by atoms with Crippen molar-refractivity contribution < 1.29 is 0 Å². The van der Waals surface area contributed by atoms with Crippen LogP contribution < -0.4 is 0 Å². The second kappa shape index (κ2) is 13.4. The van der Waals surface area contributed by atoms with Crippen LogP contribution in [0, 0.1) is 0 Å². The third-order valence-corrected chi connectivity index (χ3v) is 11.2. The lowest BCUT2D eigenvalue weighted by molar-refractivity contribution is 0.591. The van der Waals surface area contributed by atoms with E-state index in [0.717, 1.165) is 33.9 Å². The molecule has 0 aliphatic heterocycles. The Bertz CT molecular complexity index is 2920. The molecule has 10 aromatic rings. The molecule has 0 unspecified atom stereocenters. The van der Waals surface area contributed by atoms with Crippen LogP contribution in [0.3, 0.4) is 0 Å². The molecular weight excluding hydrogens is 677 g/mol. The molecule has 0 aliphatic carbocycles. The smallest absolute Gasteiger partial charge is 0.160 e.